The maximum atomic E-state index is 11.2. The first-order chi connectivity index (χ1) is 6.58. The van der Waals surface area contributed by atoms with E-state index in [1.54, 1.807) is 0 Å². The van der Waals surface area contributed by atoms with Crippen LogP contribution in [0.4, 0.5) is 0 Å². The number of hydrogen-bond acceptors (Lipinski definition) is 3. The zero-order chi connectivity index (χ0) is 10.2. The zero-order valence-corrected chi connectivity index (χ0v) is 8.71. The SMILES string of the molecule is CC1(C)OCCC2NC(=O)C2CCO1. The number of fused-ring (bicyclic) bond motifs is 1. The molecule has 0 aromatic heterocycles. The van der Waals surface area contributed by atoms with Crippen LogP contribution in [0.3, 0.4) is 0 Å². The average Bonchev–Trinajstić information content (AvgIpc) is 2.15. The van der Waals surface area contributed by atoms with Crippen molar-refractivity contribution in [3.05, 3.63) is 0 Å². The van der Waals surface area contributed by atoms with E-state index < -0.39 is 5.79 Å². The van der Waals surface area contributed by atoms with Gasteiger partial charge in [-0.25, -0.2) is 0 Å². The maximum Gasteiger partial charge on any atom is 0.225 e. The molecule has 0 spiro atoms. The van der Waals surface area contributed by atoms with Crippen molar-refractivity contribution in [3.8, 4) is 0 Å². The molecule has 0 aliphatic carbocycles. The van der Waals surface area contributed by atoms with E-state index in [-0.39, 0.29) is 11.8 Å². The molecule has 1 amide bonds. The molecule has 2 rings (SSSR count). The Bertz CT molecular complexity index is 240. The fraction of sp³-hybridized carbons (Fsp3) is 0.900. The molecule has 2 unspecified atom stereocenters. The molecule has 0 bridgehead atoms. The number of rotatable bonds is 0. The van der Waals surface area contributed by atoms with Crippen LogP contribution in [0.15, 0.2) is 0 Å². The van der Waals surface area contributed by atoms with Gasteiger partial charge in [-0.05, 0) is 26.7 Å². The minimum Gasteiger partial charge on any atom is -0.352 e. The molecule has 4 nitrogen and oxygen atoms in total. The summed E-state index contributed by atoms with van der Waals surface area (Å²) in [5.41, 5.74) is 0. The van der Waals surface area contributed by atoms with Gasteiger partial charge in [-0.2, -0.15) is 0 Å². The van der Waals surface area contributed by atoms with Crippen LogP contribution in [0.2, 0.25) is 0 Å². The molecule has 0 radical (unpaired) electrons. The molecule has 2 aliphatic heterocycles. The Balaban J connectivity index is 1.95. The number of carbonyl (C=O) groups excluding carboxylic acids is 1. The number of amides is 1. The van der Waals surface area contributed by atoms with Gasteiger partial charge < -0.3 is 14.8 Å². The minimum atomic E-state index is -0.507. The molecule has 1 N–H and O–H groups in total. The van der Waals surface area contributed by atoms with E-state index in [4.69, 9.17) is 9.47 Å². The van der Waals surface area contributed by atoms with Crippen LogP contribution in [0.25, 0.3) is 0 Å². The molecular formula is C10H17NO3. The van der Waals surface area contributed by atoms with E-state index >= 15 is 0 Å². The van der Waals surface area contributed by atoms with Crippen LogP contribution in [0, 0.1) is 5.92 Å². The zero-order valence-electron chi connectivity index (χ0n) is 8.71. The van der Waals surface area contributed by atoms with Gasteiger partial charge >= 0.3 is 0 Å². The average molecular weight is 199 g/mol. The molecule has 2 atom stereocenters. The fourth-order valence-corrected chi connectivity index (χ4v) is 1.99. The van der Waals surface area contributed by atoms with Crippen molar-refractivity contribution < 1.29 is 14.3 Å². The summed E-state index contributed by atoms with van der Waals surface area (Å²) in [5.74, 6) is -0.196. The monoisotopic (exact) mass is 199 g/mol. The molecular weight excluding hydrogens is 182 g/mol. The van der Waals surface area contributed by atoms with Crippen molar-refractivity contribution in [1.82, 2.24) is 5.32 Å². The summed E-state index contributed by atoms with van der Waals surface area (Å²) >= 11 is 0. The summed E-state index contributed by atoms with van der Waals surface area (Å²) in [6.07, 6.45) is 1.70. The van der Waals surface area contributed by atoms with Crippen molar-refractivity contribution in [2.75, 3.05) is 13.2 Å². The smallest absolute Gasteiger partial charge is 0.225 e. The number of carbonyl (C=O) groups is 1. The van der Waals surface area contributed by atoms with Crippen LogP contribution in [-0.4, -0.2) is 30.9 Å². The van der Waals surface area contributed by atoms with Crippen molar-refractivity contribution in [3.63, 3.8) is 0 Å². The standard InChI is InChI=1S/C10H17NO3/c1-10(2)13-5-3-7-8(4-6-14-10)11-9(7)12/h7-8H,3-6H2,1-2H3,(H,11,12). The molecule has 4 heteroatoms. The Morgan fingerprint density at radius 3 is 2.57 bits per heavy atom. The van der Waals surface area contributed by atoms with Gasteiger partial charge in [0, 0.05) is 6.04 Å². The second kappa shape index (κ2) is 3.51. The van der Waals surface area contributed by atoms with Gasteiger partial charge in [0.05, 0.1) is 19.1 Å². The lowest BCUT2D eigenvalue weighted by Crippen LogP contribution is -2.58. The quantitative estimate of drug-likeness (QED) is 0.583. The molecule has 0 saturated carbocycles. The Morgan fingerprint density at radius 2 is 1.93 bits per heavy atom. The molecule has 0 aromatic rings. The van der Waals surface area contributed by atoms with E-state index in [2.05, 4.69) is 5.32 Å². The molecule has 0 aromatic carbocycles. The van der Waals surface area contributed by atoms with Gasteiger partial charge in [0.15, 0.2) is 5.79 Å². The Morgan fingerprint density at radius 1 is 1.29 bits per heavy atom. The maximum absolute atomic E-state index is 11.2. The first-order valence-electron chi connectivity index (χ1n) is 5.17. The summed E-state index contributed by atoms with van der Waals surface area (Å²) in [5, 5.41) is 2.89. The van der Waals surface area contributed by atoms with E-state index in [1.807, 2.05) is 13.8 Å². The Labute approximate surface area is 84.0 Å². The minimum absolute atomic E-state index is 0.146. The van der Waals surface area contributed by atoms with Crippen molar-refractivity contribution in [2.45, 2.75) is 38.5 Å². The van der Waals surface area contributed by atoms with E-state index in [1.165, 1.54) is 0 Å². The first-order valence-corrected chi connectivity index (χ1v) is 5.17. The highest BCUT2D eigenvalue weighted by Gasteiger charge is 2.39. The van der Waals surface area contributed by atoms with Gasteiger partial charge in [-0.15, -0.1) is 0 Å². The Hall–Kier alpha value is -0.610. The summed E-state index contributed by atoms with van der Waals surface area (Å²) in [7, 11) is 0. The molecule has 2 fully saturated rings. The van der Waals surface area contributed by atoms with Gasteiger partial charge in [0.1, 0.15) is 0 Å². The number of nitrogens with one attached hydrogen (secondary N) is 1. The highest BCUT2D eigenvalue weighted by atomic mass is 16.7. The summed E-state index contributed by atoms with van der Waals surface area (Å²) < 4.78 is 11.1. The van der Waals surface area contributed by atoms with Crippen molar-refractivity contribution >= 4 is 5.91 Å². The number of β-lactam (4-membered cyclic amide) rings is 1. The van der Waals surface area contributed by atoms with Gasteiger partial charge in [0.25, 0.3) is 0 Å². The first kappa shape index (κ1) is 9.93. The van der Waals surface area contributed by atoms with Gasteiger partial charge in [-0.3, -0.25) is 4.79 Å². The predicted molar refractivity (Wildman–Crippen MR) is 50.6 cm³/mol. The third-order valence-corrected chi connectivity index (χ3v) is 2.91. The molecule has 2 saturated heterocycles. The lowest BCUT2D eigenvalue weighted by Gasteiger charge is -2.36. The van der Waals surface area contributed by atoms with Crippen LogP contribution >= 0.6 is 0 Å². The largest absolute Gasteiger partial charge is 0.352 e. The van der Waals surface area contributed by atoms with Crippen LogP contribution in [-0.2, 0) is 14.3 Å². The van der Waals surface area contributed by atoms with Crippen LogP contribution in [0.5, 0.6) is 0 Å². The Kier molecular flexibility index (Phi) is 2.49. The lowest BCUT2D eigenvalue weighted by molar-refractivity contribution is -0.211. The normalized spacial score (nSPS) is 36.9. The third kappa shape index (κ3) is 1.91. The van der Waals surface area contributed by atoms with Crippen LogP contribution in [0.1, 0.15) is 26.7 Å². The number of ether oxygens (including phenoxy) is 2. The van der Waals surface area contributed by atoms with Crippen molar-refractivity contribution in [2.24, 2.45) is 5.92 Å². The highest BCUT2D eigenvalue weighted by Crippen LogP contribution is 2.25. The third-order valence-electron chi connectivity index (χ3n) is 2.91. The molecule has 2 aliphatic rings. The van der Waals surface area contributed by atoms with Crippen molar-refractivity contribution in [1.29, 1.82) is 0 Å². The van der Waals surface area contributed by atoms with E-state index in [9.17, 15) is 4.79 Å². The number of hydrogen-bond donors (Lipinski definition) is 1. The second-order valence-electron chi connectivity index (χ2n) is 4.40. The summed E-state index contributed by atoms with van der Waals surface area (Å²) in [6, 6.07) is 0.306. The summed E-state index contributed by atoms with van der Waals surface area (Å²) in [6.45, 7) is 5.07. The molecule has 80 valence electrons. The molecule has 2 heterocycles. The predicted octanol–water partition coefficient (Wildman–Crippen LogP) is 0.664. The fourth-order valence-electron chi connectivity index (χ4n) is 1.99. The lowest BCUT2D eigenvalue weighted by atomic mass is 9.86. The summed E-state index contributed by atoms with van der Waals surface area (Å²) in [4.78, 5) is 11.2. The highest BCUT2D eigenvalue weighted by molar-refractivity contribution is 5.85. The topological polar surface area (TPSA) is 47.6 Å². The van der Waals surface area contributed by atoms with E-state index in [0.717, 1.165) is 12.8 Å². The van der Waals surface area contributed by atoms with Gasteiger partial charge in [0.2, 0.25) is 5.91 Å². The second-order valence-corrected chi connectivity index (χ2v) is 4.40. The molecule has 14 heavy (non-hydrogen) atoms. The van der Waals surface area contributed by atoms with Gasteiger partial charge in [-0.1, -0.05) is 0 Å². The van der Waals surface area contributed by atoms with Crippen LogP contribution < -0.4 is 5.32 Å². The van der Waals surface area contributed by atoms with E-state index in [0.29, 0.717) is 19.3 Å².